The van der Waals surface area contributed by atoms with Gasteiger partial charge in [0.2, 0.25) is 0 Å². The number of hydrogen-bond acceptors (Lipinski definition) is 4. The van der Waals surface area contributed by atoms with Crippen molar-refractivity contribution in [2.24, 2.45) is 0 Å². The normalized spacial score (nSPS) is 14.5. The van der Waals surface area contributed by atoms with E-state index in [1.807, 2.05) is 25.1 Å². The summed E-state index contributed by atoms with van der Waals surface area (Å²) in [7, 11) is 5.40. The van der Waals surface area contributed by atoms with Crippen LogP contribution < -0.4 is 5.32 Å². The Morgan fingerprint density at radius 2 is 2.20 bits per heavy atom. The van der Waals surface area contributed by atoms with E-state index < -0.39 is 6.10 Å². The van der Waals surface area contributed by atoms with E-state index in [1.54, 1.807) is 19.2 Å². The quantitative estimate of drug-likeness (QED) is 0.720. The van der Waals surface area contributed by atoms with Crippen LogP contribution in [0.3, 0.4) is 0 Å². The topological polar surface area (TPSA) is 44.7 Å². The number of rotatable bonds is 9. The molecule has 0 bridgehead atoms. The molecule has 2 unspecified atom stereocenters. The number of aliphatic hydroxyl groups excluding tert-OH is 1. The first-order valence-electron chi connectivity index (χ1n) is 6.85. The molecule has 2 atom stereocenters. The van der Waals surface area contributed by atoms with Crippen molar-refractivity contribution < 1.29 is 14.2 Å². The number of aliphatic hydroxyl groups is 1. The van der Waals surface area contributed by atoms with Crippen LogP contribution in [0.15, 0.2) is 24.3 Å². The maximum absolute atomic E-state index is 13.2. The molecule has 4 nitrogen and oxygen atoms in total. The zero-order valence-electron chi connectivity index (χ0n) is 12.5. The Bertz CT molecular complexity index is 390. The Morgan fingerprint density at radius 1 is 1.45 bits per heavy atom. The number of ether oxygens (including phenoxy) is 1. The van der Waals surface area contributed by atoms with Crippen molar-refractivity contribution in [2.75, 3.05) is 40.9 Å². The Morgan fingerprint density at radius 3 is 2.80 bits per heavy atom. The molecule has 1 aromatic carbocycles. The van der Waals surface area contributed by atoms with Crippen molar-refractivity contribution in [3.8, 4) is 0 Å². The van der Waals surface area contributed by atoms with E-state index in [0.29, 0.717) is 13.2 Å². The van der Waals surface area contributed by atoms with Gasteiger partial charge in [-0.25, -0.2) is 4.39 Å². The molecule has 0 aliphatic rings. The van der Waals surface area contributed by atoms with Gasteiger partial charge in [-0.1, -0.05) is 12.1 Å². The molecule has 0 aliphatic carbocycles. The van der Waals surface area contributed by atoms with E-state index in [-0.39, 0.29) is 11.9 Å². The van der Waals surface area contributed by atoms with Crippen molar-refractivity contribution in [2.45, 2.75) is 18.6 Å². The number of hydrogen-bond donors (Lipinski definition) is 2. The van der Waals surface area contributed by atoms with Gasteiger partial charge in [0.1, 0.15) is 5.82 Å². The van der Waals surface area contributed by atoms with Crippen molar-refractivity contribution in [3.63, 3.8) is 0 Å². The van der Waals surface area contributed by atoms with E-state index in [9.17, 15) is 9.50 Å². The number of benzene rings is 1. The lowest BCUT2D eigenvalue weighted by molar-refractivity contribution is 0.0426. The van der Waals surface area contributed by atoms with Gasteiger partial charge in [-0.05, 0) is 44.8 Å². The Balaban J connectivity index is 2.45. The highest BCUT2D eigenvalue weighted by Crippen LogP contribution is 2.17. The minimum atomic E-state index is -0.479. The largest absolute Gasteiger partial charge is 0.389 e. The minimum Gasteiger partial charge on any atom is -0.389 e. The lowest BCUT2D eigenvalue weighted by Crippen LogP contribution is -2.34. The summed E-state index contributed by atoms with van der Waals surface area (Å²) in [6, 6.07) is 6.75. The SMILES string of the molecule is CNC(CCN(C)CC(O)COC)c1cccc(F)c1. The summed E-state index contributed by atoms with van der Waals surface area (Å²) in [5.74, 6) is -0.216. The van der Waals surface area contributed by atoms with Crippen LogP contribution in [0.1, 0.15) is 18.0 Å². The lowest BCUT2D eigenvalue weighted by Gasteiger charge is -2.23. The fourth-order valence-corrected chi connectivity index (χ4v) is 2.25. The Hall–Kier alpha value is -1.01. The second-order valence-corrected chi connectivity index (χ2v) is 5.06. The number of likely N-dealkylation sites (N-methyl/N-ethyl adjacent to an activating group) is 1. The van der Waals surface area contributed by atoms with Crippen molar-refractivity contribution in [1.29, 1.82) is 0 Å². The van der Waals surface area contributed by atoms with E-state index in [0.717, 1.165) is 18.5 Å². The highest BCUT2D eigenvalue weighted by atomic mass is 19.1. The molecule has 0 fully saturated rings. The van der Waals surface area contributed by atoms with Gasteiger partial charge in [-0.3, -0.25) is 0 Å². The van der Waals surface area contributed by atoms with Gasteiger partial charge >= 0.3 is 0 Å². The van der Waals surface area contributed by atoms with Crippen LogP contribution in [0.4, 0.5) is 4.39 Å². The average Bonchev–Trinajstić information content (AvgIpc) is 2.39. The van der Waals surface area contributed by atoms with E-state index in [4.69, 9.17) is 4.74 Å². The smallest absolute Gasteiger partial charge is 0.123 e. The summed E-state index contributed by atoms with van der Waals surface area (Å²) >= 11 is 0. The summed E-state index contributed by atoms with van der Waals surface area (Å²) in [5, 5.41) is 12.9. The van der Waals surface area contributed by atoms with Crippen LogP contribution in [0.5, 0.6) is 0 Å². The molecule has 1 rings (SSSR count). The monoisotopic (exact) mass is 284 g/mol. The molecule has 0 saturated carbocycles. The number of halogens is 1. The van der Waals surface area contributed by atoms with Crippen LogP contribution in [-0.4, -0.2) is 57.0 Å². The standard InChI is InChI=1S/C15H25FN2O2/c1-17-15(12-5-4-6-13(16)9-12)7-8-18(2)10-14(19)11-20-3/h4-6,9,14-15,17,19H,7-8,10-11H2,1-3H3. The third-order valence-electron chi connectivity index (χ3n) is 3.28. The van der Waals surface area contributed by atoms with Gasteiger partial charge < -0.3 is 20.1 Å². The molecular formula is C15H25FN2O2. The lowest BCUT2D eigenvalue weighted by atomic mass is 10.0. The van der Waals surface area contributed by atoms with Gasteiger partial charge in [0, 0.05) is 19.7 Å². The average molecular weight is 284 g/mol. The molecular weight excluding hydrogens is 259 g/mol. The summed E-state index contributed by atoms with van der Waals surface area (Å²) < 4.78 is 18.1. The predicted molar refractivity (Wildman–Crippen MR) is 78.2 cm³/mol. The molecule has 2 N–H and O–H groups in total. The fraction of sp³-hybridized carbons (Fsp3) is 0.600. The highest BCUT2D eigenvalue weighted by Gasteiger charge is 2.13. The number of nitrogens with one attached hydrogen (secondary N) is 1. The van der Waals surface area contributed by atoms with Crippen LogP contribution in [-0.2, 0) is 4.74 Å². The van der Waals surface area contributed by atoms with Crippen molar-refractivity contribution in [3.05, 3.63) is 35.6 Å². The Labute approximate surface area is 120 Å². The molecule has 5 heteroatoms. The van der Waals surface area contributed by atoms with Crippen LogP contribution in [0.25, 0.3) is 0 Å². The molecule has 20 heavy (non-hydrogen) atoms. The first kappa shape index (κ1) is 17.0. The van der Waals surface area contributed by atoms with Crippen LogP contribution in [0, 0.1) is 5.82 Å². The summed E-state index contributed by atoms with van der Waals surface area (Å²) in [6.45, 7) is 1.71. The maximum atomic E-state index is 13.2. The van der Waals surface area contributed by atoms with E-state index in [1.165, 1.54) is 6.07 Å². The molecule has 0 radical (unpaired) electrons. The van der Waals surface area contributed by atoms with E-state index >= 15 is 0 Å². The first-order chi connectivity index (χ1) is 9.56. The molecule has 0 aromatic heterocycles. The molecule has 114 valence electrons. The molecule has 0 spiro atoms. The first-order valence-corrected chi connectivity index (χ1v) is 6.85. The number of methoxy groups -OCH3 is 1. The van der Waals surface area contributed by atoms with Gasteiger partial charge in [0.25, 0.3) is 0 Å². The third-order valence-corrected chi connectivity index (χ3v) is 3.28. The van der Waals surface area contributed by atoms with E-state index in [2.05, 4.69) is 5.32 Å². The fourth-order valence-electron chi connectivity index (χ4n) is 2.25. The van der Waals surface area contributed by atoms with Crippen LogP contribution in [0.2, 0.25) is 0 Å². The van der Waals surface area contributed by atoms with Gasteiger partial charge in [0.15, 0.2) is 0 Å². The second kappa shape index (κ2) is 9.02. The van der Waals surface area contributed by atoms with Gasteiger partial charge in [-0.2, -0.15) is 0 Å². The highest BCUT2D eigenvalue weighted by molar-refractivity contribution is 5.20. The second-order valence-electron chi connectivity index (χ2n) is 5.06. The summed E-state index contributed by atoms with van der Waals surface area (Å²) in [4.78, 5) is 2.05. The van der Waals surface area contributed by atoms with Crippen molar-refractivity contribution in [1.82, 2.24) is 10.2 Å². The molecule has 0 heterocycles. The zero-order valence-corrected chi connectivity index (χ0v) is 12.5. The molecule has 0 saturated heterocycles. The molecule has 0 amide bonds. The van der Waals surface area contributed by atoms with Crippen LogP contribution >= 0.6 is 0 Å². The molecule has 1 aromatic rings. The van der Waals surface area contributed by atoms with Crippen molar-refractivity contribution >= 4 is 0 Å². The Kier molecular flexibility index (Phi) is 7.69. The van der Waals surface area contributed by atoms with Gasteiger partial charge in [-0.15, -0.1) is 0 Å². The predicted octanol–water partition coefficient (Wildman–Crippen LogP) is 1.42. The van der Waals surface area contributed by atoms with Gasteiger partial charge in [0.05, 0.1) is 12.7 Å². The summed E-state index contributed by atoms with van der Waals surface area (Å²) in [6.07, 6.45) is 0.364. The minimum absolute atomic E-state index is 0.104. The summed E-state index contributed by atoms with van der Waals surface area (Å²) in [5.41, 5.74) is 0.943. The third kappa shape index (κ3) is 5.96. The number of nitrogens with zero attached hydrogens (tertiary/aromatic N) is 1. The molecule has 0 aliphatic heterocycles. The zero-order chi connectivity index (χ0) is 15.0. The maximum Gasteiger partial charge on any atom is 0.123 e.